The fraction of sp³-hybridized carbons (Fsp3) is 0.844. The fourth-order valence-corrected chi connectivity index (χ4v) is 6.10. The average molecular weight is 576 g/mol. The van der Waals surface area contributed by atoms with Crippen molar-refractivity contribution >= 4 is 11.8 Å². The van der Waals surface area contributed by atoms with Crippen molar-refractivity contribution in [3.05, 3.63) is 17.5 Å². The molecule has 0 bridgehead atoms. The van der Waals surface area contributed by atoms with E-state index in [0.717, 1.165) is 70.3 Å². The van der Waals surface area contributed by atoms with Gasteiger partial charge in [-0.05, 0) is 62.8 Å². The van der Waals surface area contributed by atoms with Crippen LogP contribution in [0.15, 0.2) is 6.20 Å². The molecule has 3 atom stereocenters. The number of ether oxygens (including phenoxy) is 2. The number of hydrogen-bond acceptors (Lipinski definition) is 6. The minimum Gasteiger partial charge on any atom is -0.385 e. The zero-order valence-electron chi connectivity index (χ0n) is 27.1. The SMILES string of the molecule is COCCCNC(=O)[C@H]1CC(c2nn(C3CCCCO3)cc2CN(C)CCN(C)C(=O)CC(C)(C)C)CCC1(C)C. The lowest BCUT2D eigenvalue weighted by atomic mass is 9.64. The number of hydrogen-bond donors (Lipinski definition) is 1. The van der Waals surface area contributed by atoms with Gasteiger partial charge in [-0.15, -0.1) is 0 Å². The molecule has 2 fully saturated rings. The first-order chi connectivity index (χ1) is 19.3. The van der Waals surface area contributed by atoms with Crippen LogP contribution in [0.25, 0.3) is 0 Å². The summed E-state index contributed by atoms with van der Waals surface area (Å²) in [6.07, 6.45) is 9.53. The van der Waals surface area contributed by atoms with E-state index in [4.69, 9.17) is 14.6 Å². The van der Waals surface area contributed by atoms with Crippen LogP contribution in [-0.2, 0) is 25.6 Å². The van der Waals surface area contributed by atoms with Gasteiger partial charge in [0.05, 0.1) is 5.69 Å². The van der Waals surface area contributed by atoms with E-state index in [1.807, 2.05) is 16.6 Å². The van der Waals surface area contributed by atoms with Gasteiger partial charge in [-0.1, -0.05) is 34.6 Å². The quantitative estimate of drug-likeness (QED) is 0.334. The van der Waals surface area contributed by atoms with Crippen molar-refractivity contribution in [3.63, 3.8) is 0 Å². The summed E-state index contributed by atoms with van der Waals surface area (Å²) in [5.41, 5.74) is 2.23. The molecule has 3 rings (SSSR count). The molecule has 2 aliphatic rings. The second-order valence-electron chi connectivity index (χ2n) is 14.3. The Hall–Kier alpha value is -1.97. The molecule has 234 valence electrons. The molecular formula is C32H57N5O4. The molecular weight excluding hydrogens is 518 g/mol. The maximum atomic E-state index is 13.3. The Morgan fingerprint density at radius 1 is 1.20 bits per heavy atom. The lowest BCUT2D eigenvalue weighted by Gasteiger charge is -2.41. The number of amides is 2. The standard InChI is InChI=1S/C32H57N5O4/c1-31(2,3)21-27(38)36(7)17-16-35(6)22-25-23-37(28-12-9-10-19-41-28)34-29(25)24-13-14-32(4,5)26(20-24)30(39)33-15-11-18-40-8/h23-24,26,28H,9-22H2,1-8H3,(H,33,39)/t24?,26-,28?/m1/s1. The summed E-state index contributed by atoms with van der Waals surface area (Å²) < 4.78 is 13.3. The minimum absolute atomic E-state index is 0.0187. The highest BCUT2D eigenvalue weighted by Crippen LogP contribution is 2.47. The maximum absolute atomic E-state index is 13.3. The smallest absolute Gasteiger partial charge is 0.223 e. The number of nitrogens with zero attached hydrogens (tertiary/aromatic N) is 4. The van der Waals surface area contributed by atoms with Crippen molar-refractivity contribution in [2.45, 2.75) is 105 Å². The van der Waals surface area contributed by atoms with Crippen molar-refractivity contribution in [1.82, 2.24) is 24.9 Å². The fourth-order valence-electron chi connectivity index (χ4n) is 6.10. The molecule has 2 unspecified atom stereocenters. The molecule has 9 heteroatoms. The molecule has 0 radical (unpaired) electrons. The highest BCUT2D eigenvalue weighted by molar-refractivity contribution is 5.79. The highest BCUT2D eigenvalue weighted by Gasteiger charge is 2.42. The summed E-state index contributed by atoms with van der Waals surface area (Å²) in [4.78, 5) is 30.1. The molecule has 1 saturated carbocycles. The summed E-state index contributed by atoms with van der Waals surface area (Å²) >= 11 is 0. The molecule has 0 spiro atoms. The molecule has 1 aromatic heterocycles. The summed E-state index contributed by atoms with van der Waals surface area (Å²) in [5.74, 6) is 0.493. The number of nitrogens with one attached hydrogen (secondary N) is 1. The van der Waals surface area contributed by atoms with E-state index in [1.54, 1.807) is 7.11 Å². The summed E-state index contributed by atoms with van der Waals surface area (Å²) in [6, 6.07) is 0. The van der Waals surface area contributed by atoms with Crippen LogP contribution in [0.3, 0.4) is 0 Å². The Balaban J connectivity index is 1.74. The number of carbonyl (C=O) groups is 2. The van der Waals surface area contributed by atoms with Gasteiger partial charge in [0, 0.05) is 83.6 Å². The summed E-state index contributed by atoms with van der Waals surface area (Å²) in [5, 5.41) is 8.32. The van der Waals surface area contributed by atoms with E-state index in [0.29, 0.717) is 26.1 Å². The number of likely N-dealkylation sites (N-methyl/N-ethyl adjacent to an activating group) is 2. The Morgan fingerprint density at radius 3 is 2.61 bits per heavy atom. The molecule has 41 heavy (non-hydrogen) atoms. The van der Waals surface area contributed by atoms with Crippen LogP contribution in [0.4, 0.5) is 0 Å². The first kappa shape index (κ1) is 33.5. The average Bonchev–Trinajstić information content (AvgIpc) is 3.32. The van der Waals surface area contributed by atoms with Crippen LogP contribution in [0.1, 0.15) is 109 Å². The zero-order valence-corrected chi connectivity index (χ0v) is 27.1. The third kappa shape index (κ3) is 10.1. The Kier molecular flexibility index (Phi) is 12.2. The lowest BCUT2D eigenvalue weighted by molar-refractivity contribution is -0.132. The van der Waals surface area contributed by atoms with Crippen molar-refractivity contribution < 1.29 is 19.1 Å². The number of aromatic nitrogens is 2. The van der Waals surface area contributed by atoms with Gasteiger partial charge in [-0.25, -0.2) is 4.68 Å². The first-order valence-corrected chi connectivity index (χ1v) is 15.7. The number of methoxy groups -OCH3 is 1. The Bertz CT molecular complexity index is 979. The predicted molar refractivity (Wildman–Crippen MR) is 162 cm³/mol. The molecule has 1 aliphatic carbocycles. The van der Waals surface area contributed by atoms with Crippen molar-refractivity contribution in [2.75, 3.05) is 54.1 Å². The maximum Gasteiger partial charge on any atom is 0.223 e. The van der Waals surface area contributed by atoms with Gasteiger partial charge in [0.25, 0.3) is 0 Å². The van der Waals surface area contributed by atoms with Gasteiger partial charge in [0.1, 0.15) is 6.23 Å². The molecule has 1 aromatic rings. The van der Waals surface area contributed by atoms with Gasteiger partial charge in [-0.3, -0.25) is 9.59 Å². The van der Waals surface area contributed by atoms with Gasteiger partial charge >= 0.3 is 0 Å². The van der Waals surface area contributed by atoms with Gasteiger partial charge in [0.15, 0.2) is 0 Å². The van der Waals surface area contributed by atoms with Crippen molar-refractivity contribution in [3.8, 4) is 0 Å². The minimum atomic E-state index is -0.0621. The molecule has 2 amide bonds. The van der Waals surface area contributed by atoms with Crippen LogP contribution in [-0.4, -0.2) is 85.4 Å². The second-order valence-corrected chi connectivity index (χ2v) is 14.3. The molecule has 1 aliphatic heterocycles. The van der Waals surface area contributed by atoms with Crippen LogP contribution in [0.5, 0.6) is 0 Å². The largest absolute Gasteiger partial charge is 0.385 e. The zero-order chi connectivity index (χ0) is 30.2. The van der Waals surface area contributed by atoms with Gasteiger partial charge in [-0.2, -0.15) is 5.10 Å². The third-order valence-electron chi connectivity index (χ3n) is 8.78. The van der Waals surface area contributed by atoms with E-state index in [2.05, 4.69) is 58.1 Å². The van der Waals surface area contributed by atoms with Gasteiger partial charge in [0.2, 0.25) is 11.8 Å². The topological polar surface area (TPSA) is 88.9 Å². The van der Waals surface area contributed by atoms with Crippen molar-refractivity contribution in [2.24, 2.45) is 16.7 Å². The summed E-state index contributed by atoms with van der Waals surface area (Å²) in [7, 11) is 5.70. The van der Waals surface area contributed by atoms with Crippen LogP contribution in [0, 0.1) is 16.7 Å². The summed E-state index contributed by atoms with van der Waals surface area (Å²) in [6.45, 7) is 15.0. The van der Waals surface area contributed by atoms with Crippen molar-refractivity contribution in [1.29, 1.82) is 0 Å². The van der Waals surface area contributed by atoms with Gasteiger partial charge < -0.3 is 24.6 Å². The number of rotatable bonds is 13. The highest BCUT2D eigenvalue weighted by atomic mass is 16.5. The monoisotopic (exact) mass is 575 g/mol. The van der Waals surface area contributed by atoms with E-state index < -0.39 is 0 Å². The molecule has 0 aromatic carbocycles. The predicted octanol–water partition coefficient (Wildman–Crippen LogP) is 4.97. The molecule has 1 saturated heterocycles. The molecule has 9 nitrogen and oxygen atoms in total. The number of carbonyl (C=O) groups excluding carboxylic acids is 2. The van der Waals surface area contributed by atoms with E-state index >= 15 is 0 Å². The van der Waals surface area contributed by atoms with Crippen LogP contribution < -0.4 is 5.32 Å². The normalized spacial score (nSPS) is 23.0. The Morgan fingerprint density at radius 2 is 1.95 bits per heavy atom. The Labute approximate surface area is 248 Å². The van der Waals surface area contributed by atoms with E-state index in [1.165, 1.54) is 5.56 Å². The van der Waals surface area contributed by atoms with E-state index in [-0.39, 0.29) is 40.7 Å². The first-order valence-electron chi connectivity index (χ1n) is 15.7. The lowest BCUT2D eigenvalue weighted by Crippen LogP contribution is -2.43. The van der Waals surface area contributed by atoms with E-state index in [9.17, 15) is 9.59 Å². The van der Waals surface area contributed by atoms with Crippen LogP contribution in [0.2, 0.25) is 0 Å². The molecule has 1 N–H and O–H groups in total. The third-order valence-corrected chi connectivity index (χ3v) is 8.78. The van der Waals surface area contributed by atoms with Crippen LogP contribution >= 0.6 is 0 Å². The molecule has 2 heterocycles. The second kappa shape index (κ2) is 15.0.